The molecule has 0 amide bonds. The van der Waals surface area contributed by atoms with E-state index >= 15 is 0 Å². The molecule has 33 heavy (non-hydrogen) atoms. The summed E-state index contributed by atoms with van der Waals surface area (Å²) in [5.74, 6) is 0.558. The fraction of sp³-hybridized carbons (Fsp3) is 0.160. The number of aromatic nitrogens is 1. The summed E-state index contributed by atoms with van der Waals surface area (Å²) in [6.45, 7) is 0.480. The van der Waals surface area contributed by atoms with Gasteiger partial charge in [0.25, 0.3) is 15.1 Å². The summed E-state index contributed by atoms with van der Waals surface area (Å²) in [4.78, 5) is 0. The number of rotatable bonds is 7. The van der Waals surface area contributed by atoms with Gasteiger partial charge in [-0.15, -0.1) is 11.3 Å². The van der Waals surface area contributed by atoms with Gasteiger partial charge in [0, 0.05) is 23.9 Å². The predicted molar refractivity (Wildman–Crippen MR) is 138 cm³/mol. The van der Waals surface area contributed by atoms with Gasteiger partial charge in [0.2, 0.25) is 5.52 Å². The van der Waals surface area contributed by atoms with Crippen LogP contribution in [0.1, 0.15) is 17.0 Å². The molecule has 0 spiro atoms. The van der Waals surface area contributed by atoms with E-state index in [2.05, 4.69) is 41.0 Å². The van der Waals surface area contributed by atoms with E-state index < -0.39 is 10.1 Å². The van der Waals surface area contributed by atoms with E-state index in [0.717, 1.165) is 36.6 Å². The van der Waals surface area contributed by atoms with Crippen molar-refractivity contribution in [3.05, 3.63) is 70.5 Å². The van der Waals surface area contributed by atoms with Crippen molar-refractivity contribution in [3.8, 4) is 5.75 Å². The number of thiazole rings is 1. The summed E-state index contributed by atoms with van der Waals surface area (Å²) in [5, 5.41) is 6.45. The summed E-state index contributed by atoms with van der Waals surface area (Å²) >= 11 is 3.29. The number of aryl methyl sites for hydroxylation is 1. The standard InChI is InChI=1S/C25H21NO4S3/c1-30-21-16-22-24(25-20(21)12-14-31-25)26(13-5-15-33(27,28)29)23(32-22)11-10-18-8-4-7-17-6-2-3-9-19(17)18/h2-4,6-12,14,16H,5,13,15H2,1H3/p+1/b11-10+. The van der Waals surface area contributed by atoms with Crippen LogP contribution in [0.5, 0.6) is 5.75 Å². The molecule has 168 valence electrons. The van der Waals surface area contributed by atoms with E-state index in [4.69, 9.17) is 4.74 Å². The predicted octanol–water partition coefficient (Wildman–Crippen LogP) is 6.01. The van der Waals surface area contributed by atoms with Crippen molar-refractivity contribution in [2.45, 2.75) is 13.0 Å². The van der Waals surface area contributed by atoms with Crippen molar-refractivity contribution in [2.75, 3.05) is 12.9 Å². The van der Waals surface area contributed by atoms with Gasteiger partial charge in [0.15, 0.2) is 6.54 Å². The van der Waals surface area contributed by atoms with Gasteiger partial charge in [-0.1, -0.05) is 53.8 Å². The Morgan fingerprint density at radius 2 is 1.88 bits per heavy atom. The van der Waals surface area contributed by atoms with Crippen molar-refractivity contribution >= 4 is 76.0 Å². The summed E-state index contributed by atoms with van der Waals surface area (Å²) in [5.41, 5.74) is 2.19. The first-order valence-electron chi connectivity index (χ1n) is 10.5. The van der Waals surface area contributed by atoms with Gasteiger partial charge in [-0.05, 0) is 33.9 Å². The number of thiophene rings is 1. The smallest absolute Gasteiger partial charge is 0.265 e. The Kier molecular flexibility index (Phi) is 5.92. The average Bonchev–Trinajstić information content (AvgIpc) is 3.41. The first-order valence-corrected chi connectivity index (χ1v) is 13.8. The minimum atomic E-state index is -4.01. The molecular formula is C25H22NO4S3+. The number of fused-ring (bicyclic) bond motifs is 4. The maximum atomic E-state index is 11.3. The summed E-state index contributed by atoms with van der Waals surface area (Å²) in [6, 6.07) is 18.6. The minimum Gasteiger partial charge on any atom is -0.496 e. The van der Waals surface area contributed by atoms with E-state index in [1.54, 1.807) is 29.8 Å². The van der Waals surface area contributed by atoms with Crippen LogP contribution in [-0.2, 0) is 16.7 Å². The third kappa shape index (κ3) is 4.39. The van der Waals surface area contributed by atoms with Crippen LogP contribution >= 0.6 is 22.7 Å². The van der Waals surface area contributed by atoms with Crippen molar-refractivity contribution in [3.63, 3.8) is 0 Å². The molecule has 1 N–H and O–H groups in total. The maximum absolute atomic E-state index is 11.3. The molecule has 5 aromatic rings. The zero-order chi connectivity index (χ0) is 23.0. The molecule has 0 aliphatic rings. The highest BCUT2D eigenvalue weighted by Gasteiger charge is 2.24. The highest BCUT2D eigenvalue weighted by molar-refractivity contribution is 7.85. The molecule has 0 aliphatic carbocycles. The average molecular weight is 497 g/mol. The van der Waals surface area contributed by atoms with E-state index in [-0.39, 0.29) is 5.75 Å². The largest absolute Gasteiger partial charge is 0.496 e. The number of hydrogen-bond donors (Lipinski definition) is 1. The minimum absolute atomic E-state index is 0.270. The molecule has 0 bridgehead atoms. The molecule has 0 atom stereocenters. The van der Waals surface area contributed by atoms with Gasteiger partial charge in [-0.25, -0.2) is 0 Å². The molecule has 5 rings (SSSR count). The summed E-state index contributed by atoms with van der Waals surface area (Å²) < 4.78 is 41.8. The van der Waals surface area contributed by atoms with Gasteiger partial charge in [0.1, 0.15) is 15.1 Å². The maximum Gasteiger partial charge on any atom is 0.265 e. The van der Waals surface area contributed by atoms with Gasteiger partial charge < -0.3 is 4.74 Å². The molecule has 0 saturated heterocycles. The van der Waals surface area contributed by atoms with Crippen LogP contribution in [0.25, 0.3) is 43.2 Å². The lowest BCUT2D eigenvalue weighted by molar-refractivity contribution is -0.667. The molecule has 0 aliphatic heterocycles. The highest BCUT2D eigenvalue weighted by atomic mass is 32.2. The van der Waals surface area contributed by atoms with Crippen LogP contribution < -0.4 is 9.30 Å². The number of nitrogens with zero attached hydrogens (tertiary/aromatic N) is 1. The van der Waals surface area contributed by atoms with E-state index in [9.17, 15) is 13.0 Å². The first-order chi connectivity index (χ1) is 15.9. The quantitative estimate of drug-likeness (QED) is 0.221. The van der Waals surface area contributed by atoms with E-state index in [1.807, 2.05) is 35.7 Å². The van der Waals surface area contributed by atoms with Gasteiger partial charge in [-0.3, -0.25) is 4.55 Å². The molecule has 0 saturated carbocycles. The second-order valence-corrected chi connectivity index (χ2v) is 11.3. The molecular weight excluding hydrogens is 474 g/mol. The molecule has 0 unspecified atom stereocenters. The lowest BCUT2D eigenvalue weighted by Gasteiger charge is -2.02. The highest BCUT2D eigenvalue weighted by Crippen LogP contribution is 2.38. The third-order valence-corrected chi connectivity index (χ3v) is 8.45. The monoisotopic (exact) mass is 496 g/mol. The van der Waals surface area contributed by atoms with Crippen LogP contribution in [-0.4, -0.2) is 25.8 Å². The van der Waals surface area contributed by atoms with Crippen molar-refractivity contribution in [1.29, 1.82) is 0 Å². The molecule has 2 heterocycles. The lowest BCUT2D eigenvalue weighted by Crippen LogP contribution is -2.36. The Morgan fingerprint density at radius 1 is 1.06 bits per heavy atom. The van der Waals surface area contributed by atoms with Crippen LogP contribution in [0, 0.1) is 0 Å². The Labute approximate surface area is 199 Å². The second-order valence-electron chi connectivity index (χ2n) is 7.72. The van der Waals surface area contributed by atoms with E-state index in [1.165, 1.54) is 10.8 Å². The van der Waals surface area contributed by atoms with Crippen LogP contribution in [0.4, 0.5) is 0 Å². The second kappa shape index (κ2) is 8.87. The SMILES string of the molecule is COc1cc2sc(/C=C/c3cccc4ccccc34)[n+](CCCS(=O)(=O)O)c2c2sccc12. The fourth-order valence-corrected chi connectivity index (χ4v) is 6.81. The molecule has 0 fully saturated rings. The van der Waals surface area contributed by atoms with Crippen LogP contribution in [0.15, 0.2) is 60.0 Å². The van der Waals surface area contributed by atoms with Crippen molar-refractivity contribution < 1.29 is 22.3 Å². The molecule has 3 aromatic carbocycles. The molecule has 2 aromatic heterocycles. The molecule has 5 nitrogen and oxygen atoms in total. The lowest BCUT2D eigenvalue weighted by atomic mass is 10.0. The number of benzene rings is 3. The number of ether oxygens (including phenoxy) is 1. The fourth-order valence-electron chi connectivity index (χ4n) is 4.15. The Balaban J connectivity index is 1.65. The normalized spacial score (nSPS) is 12.4. The van der Waals surface area contributed by atoms with Gasteiger partial charge >= 0.3 is 0 Å². The zero-order valence-electron chi connectivity index (χ0n) is 17.9. The third-order valence-electron chi connectivity index (χ3n) is 5.62. The van der Waals surface area contributed by atoms with Crippen LogP contribution in [0.3, 0.4) is 0 Å². The Bertz CT molecular complexity index is 1610. The topological polar surface area (TPSA) is 67.5 Å². The summed E-state index contributed by atoms with van der Waals surface area (Å²) in [7, 11) is -2.34. The van der Waals surface area contributed by atoms with Crippen molar-refractivity contribution in [1.82, 2.24) is 0 Å². The Hall–Kier alpha value is -2.78. The zero-order valence-corrected chi connectivity index (χ0v) is 20.3. The number of hydrogen-bond acceptors (Lipinski definition) is 5. The van der Waals surface area contributed by atoms with Gasteiger partial charge in [-0.2, -0.15) is 13.0 Å². The molecule has 8 heteroatoms. The number of methoxy groups -OCH3 is 1. The molecule has 0 radical (unpaired) electrons. The Morgan fingerprint density at radius 3 is 2.70 bits per heavy atom. The summed E-state index contributed by atoms with van der Waals surface area (Å²) in [6.07, 6.45) is 4.52. The first kappa shape index (κ1) is 22.0. The van der Waals surface area contributed by atoms with Crippen molar-refractivity contribution in [2.24, 2.45) is 0 Å². The van der Waals surface area contributed by atoms with E-state index in [0.29, 0.717) is 13.0 Å². The van der Waals surface area contributed by atoms with Crippen LogP contribution in [0.2, 0.25) is 0 Å². The van der Waals surface area contributed by atoms with Gasteiger partial charge in [0.05, 0.1) is 12.9 Å².